The van der Waals surface area contributed by atoms with Gasteiger partial charge in [-0.3, -0.25) is 4.79 Å². The summed E-state index contributed by atoms with van der Waals surface area (Å²) < 4.78 is 43.3. The molecule has 2 rings (SSSR count). The molecule has 0 aliphatic carbocycles. The number of alkyl halides is 3. The maximum Gasteiger partial charge on any atom is 0.416 e. The van der Waals surface area contributed by atoms with Gasteiger partial charge in [-0.15, -0.1) is 0 Å². The van der Waals surface area contributed by atoms with Gasteiger partial charge in [0.2, 0.25) is 0 Å². The minimum Gasteiger partial charge on any atom is -0.387 e. The first kappa shape index (κ1) is 15.6. The van der Waals surface area contributed by atoms with Crippen molar-refractivity contribution in [3.05, 3.63) is 29.3 Å². The van der Waals surface area contributed by atoms with Gasteiger partial charge >= 0.3 is 6.18 Å². The number of halogens is 3. The van der Waals surface area contributed by atoms with E-state index in [2.05, 4.69) is 5.32 Å². The Kier molecular flexibility index (Phi) is 4.41. The van der Waals surface area contributed by atoms with Crippen LogP contribution in [0.1, 0.15) is 15.9 Å². The Balaban J connectivity index is 2.20. The van der Waals surface area contributed by atoms with Gasteiger partial charge in [-0.1, -0.05) is 0 Å². The molecule has 0 saturated carbocycles. The molecule has 0 bridgehead atoms. The number of nitrogens with one attached hydrogen (secondary N) is 1. The summed E-state index contributed by atoms with van der Waals surface area (Å²) in [6.07, 6.45) is -4.46. The van der Waals surface area contributed by atoms with E-state index in [0.29, 0.717) is 25.4 Å². The van der Waals surface area contributed by atoms with Gasteiger partial charge in [0.1, 0.15) is 0 Å². The summed E-state index contributed by atoms with van der Waals surface area (Å²) in [6.45, 7) is 1.56. The SMILES string of the molecule is CNc1ccc(C(F)(F)F)cc1C(=O)N1CC(COC)C1. The van der Waals surface area contributed by atoms with Crippen molar-refractivity contribution in [2.45, 2.75) is 6.18 Å². The van der Waals surface area contributed by atoms with Crippen LogP contribution in [-0.4, -0.2) is 44.7 Å². The van der Waals surface area contributed by atoms with Crippen molar-refractivity contribution in [2.24, 2.45) is 5.92 Å². The van der Waals surface area contributed by atoms with Crippen LogP contribution in [0, 0.1) is 5.92 Å². The zero-order chi connectivity index (χ0) is 15.6. The Morgan fingerprint density at radius 1 is 1.43 bits per heavy atom. The number of hydrogen-bond acceptors (Lipinski definition) is 3. The Morgan fingerprint density at radius 3 is 2.62 bits per heavy atom. The number of carbonyl (C=O) groups excluding carboxylic acids is 1. The van der Waals surface area contributed by atoms with E-state index in [1.807, 2.05) is 0 Å². The Bertz CT molecular complexity index is 525. The van der Waals surface area contributed by atoms with E-state index in [4.69, 9.17) is 4.74 Å². The van der Waals surface area contributed by atoms with Gasteiger partial charge in [0.25, 0.3) is 5.91 Å². The van der Waals surface area contributed by atoms with E-state index in [0.717, 1.165) is 12.1 Å². The highest BCUT2D eigenvalue weighted by Crippen LogP contribution is 2.33. The highest BCUT2D eigenvalue weighted by molar-refractivity contribution is 6.00. The number of carbonyl (C=O) groups is 1. The second-order valence-electron chi connectivity index (χ2n) is 5.04. The molecular formula is C14H17F3N2O2. The second-order valence-corrected chi connectivity index (χ2v) is 5.04. The van der Waals surface area contributed by atoms with E-state index in [1.54, 1.807) is 14.2 Å². The normalized spacial score (nSPS) is 15.8. The molecule has 0 unspecified atom stereocenters. The van der Waals surface area contributed by atoms with Crippen molar-refractivity contribution < 1.29 is 22.7 Å². The van der Waals surface area contributed by atoms with Crippen molar-refractivity contribution >= 4 is 11.6 Å². The van der Waals surface area contributed by atoms with Gasteiger partial charge in [0.05, 0.1) is 17.7 Å². The minimum atomic E-state index is -4.46. The standard InChI is InChI=1S/C14H17F3N2O2/c1-18-12-4-3-10(14(15,16)17)5-11(12)13(20)19-6-9(7-19)8-21-2/h3-5,9,18H,6-8H2,1-2H3. The van der Waals surface area contributed by atoms with Crippen molar-refractivity contribution in [1.29, 1.82) is 0 Å². The van der Waals surface area contributed by atoms with Crippen LogP contribution in [0.3, 0.4) is 0 Å². The number of hydrogen-bond donors (Lipinski definition) is 1. The van der Waals surface area contributed by atoms with Crippen LogP contribution in [0.25, 0.3) is 0 Å². The van der Waals surface area contributed by atoms with Crippen LogP contribution in [0.2, 0.25) is 0 Å². The summed E-state index contributed by atoms with van der Waals surface area (Å²) in [7, 11) is 3.15. The average molecular weight is 302 g/mol. The molecule has 1 N–H and O–H groups in total. The number of amides is 1. The maximum atomic E-state index is 12.8. The molecule has 1 fully saturated rings. The van der Waals surface area contributed by atoms with Gasteiger partial charge in [-0.25, -0.2) is 0 Å². The Labute approximate surface area is 120 Å². The number of anilines is 1. The third kappa shape index (κ3) is 3.29. The van der Waals surface area contributed by atoms with E-state index in [9.17, 15) is 18.0 Å². The summed E-state index contributed by atoms with van der Waals surface area (Å²) in [5.74, 6) is -0.138. The van der Waals surface area contributed by atoms with Crippen LogP contribution >= 0.6 is 0 Å². The summed E-state index contributed by atoms with van der Waals surface area (Å²) in [6, 6.07) is 3.15. The van der Waals surface area contributed by atoms with Crippen molar-refractivity contribution in [3.8, 4) is 0 Å². The molecule has 1 aromatic rings. The summed E-state index contributed by atoms with van der Waals surface area (Å²) >= 11 is 0. The van der Waals surface area contributed by atoms with E-state index < -0.39 is 17.6 Å². The van der Waals surface area contributed by atoms with E-state index in [1.165, 1.54) is 11.0 Å². The fourth-order valence-corrected chi connectivity index (χ4v) is 2.36. The minimum absolute atomic E-state index is 0.0446. The Morgan fingerprint density at radius 2 is 2.10 bits per heavy atom. The zero-order valence-corrected chi connectivity index (χ0v) is 11.8. The number of nitrogens with zero attached hydrogens (tertiary/aromatic N) is 1. The van der Waals surface area contributed by atoms with Gasteiger partial charge < -0.3 is 15.0 Å². The van der Waals surface area contributed by atoms with Crippen LogP contribution < -0.4 is 5.32 Å². The van der Waals surface area contributed by atoms with Crippen LogP contribution in [-0.2, 0) is 10.9 Å². The summed E-state index contributed by atoms with van der Waals surface area (Å²) in [5, 5.41) is 2.76. The molecule has 116 valence electrons. The second kappa shape index (κ2) is 5.93. The molecule has 1 saturated heterocycles. The molecule has 4 nitrogen and oxygen atoms in total. The molecule has 1 aliphatic rings. The van der Waals surface area contributed by atoms with Crippen molar-refractivity contribution in [1.82, 2.24) is 4.90 Å². The number of rotatable bonds is 4. The van der Waals surface area contributed by atoms with Gasteiger partial charge in [0.15, 0.2) is 0 Å². The number of benzene rings is 1. The molecule has 0 aromatic heterocycles. The molecule has 1 aromatic carbocycles. The lowest BCUT2D eigenvalue weighted by atomic mass is 9.98. The smallest absolute Gasteiger partial charge is 0.387 e. The summed E-state index contributed by atoms with van der Waals surface area (Å²) in [4.78, 5) is 13.8. The molecule has 7 heteroatoms. The van der Waals surface area contributed by atoms with E-state index >= 15 is 0 Å². The van der Waals surface area contributed by atoms with Gasteiger partial charge in [0, 0.05) is 38.9 Å². The average Bonchev–Trinajstić information content (AvgIpc) is 2.40. The highest BCUT2D eigenvalue weighted by Gasteiger charge is 2.35. The maximum absolute atomic E-state index is 12.8. The largest absolute Gasteiger partial charge is 0.416 e. The lowest BCUT2D eigenvalue weighted by Crippen LogP contribution is -2.51. The van der Waals surface area contributed by atoms with Gasteiger partial charge in [-0.05, 0) is 18.2 Å². The first-order chi connectivity index (χ1) is 9.86. The molecule has 0 radical (unpaired) electrons. The summed E-state index contributed by atoms with van der Waals surface area (Å²) in [5.41, 5.74) is -0.384. The van der Waals surface area contributed by atoms with Crippen LogP contribution in [0.15, 0.2) is 18.2 Å². The zero-order valence-electron chi connectivity index (χ0n) is 11.8. The lowest BCUT2D eigenvalue weighted by Gasteiger charge is -2.39. The third-order valence-corrected chi connectivity index (χ3v) is 3.49. The van der Waals surface area contributed by atoms with Gasteiger partial charge in [-0.2, -0.15) is 13.2 Å². The molecule has 21 heavy (non-hydrogen) atoms. The van der Waals surface area contributed by atoms with Crippen molar-refractivity contribution in [3.63, 3.8) is 0 Å². The number of methoxy groups -OCH3 is 1. The predicted molar refractivity (Wildman–Crippen MR) is 72.3 cm³/mol. The first-order valence-corrected chi connectivity index (χ1v) is 6.54. The molecule has 1 heterocycles. The first-order valence-electron chi connectivity index (χ1n) is 6.54. The Hall–Kier alpha value is -1.76. The fraction of sp³-hybridized carbons (Fsp3) is 0.500. The quantitative estimate of drug-likeness (QED) is 0.929. The van der Waals surface area contributed by atoms with E-state index in [-0.39, 0.29) is 11.5 Å². The van der Waals surface area contributed by atoms with Crippen LogP contribution in [0.4, 0.5) is 18.9 Å². The highest BCUT2D eigenvalue weighted by atomic mass is 19.4. The molecule has 1 amide bonds. The van der Waals surface area contributed by atoms with Crippen molar-refractivity contribution in [2.75, 3.05) is 39.2 Å². The lowest BCUT2D eigenvalue weighted by molar-refractivity contribution is -0.137. The van der Waals surface area contributed by atoms with Crippen LogP contribution in [0.5, 0.6) is 0 Å². The molecular weight excluding hydrogens is 285 g/mol. The monoisotopic (exact) mass is 302 g/mol. The number of likely N-dealkylation sites (tertiary alicyclic amines) is 1. The fourth-order valence-electron chi connectivity index (χ4n) is 2.36. The molecule has 0 spiro atoms. The molecule has 1 aliphatic heterocycles. The topological polar surface area (TPSA) is 41.6 Å². The molecule has 0 atom stereocenters. The predicted octanol–water partition coefficient (Wildman–Crippen LogP) is 2.47. The number of ether oxygens (including phenoxy) is 1. The third-order valence-electron chi connectivity index (χ3n) is 3.49.